The summed E-state index contributed by atoms with van der Waals surface area (Å²) in [6.45, 7) is 2.76. The number of nitriles is 1. The van der Waals surface area contributed by atoms with E-state index in [0.717, 1.165) is 30.8 Å². The van der Waals surface area contributed by atoms with Gasteiger partial charge in [0.2, 0.25) is 5.91 Å². The first-order chi connectivity index (χ1) is 13.8. The minimum Gasteiger partial charge on any atom is -0.383 e. The van der Waals surface area contributed by atoms with Crippen molar-refractivity contribution in [1.82, 2.24) is 0 Å². The number of benzene rings is 1. The highest BCUT2D eigenvalue weighted by Crippen LogP contribution is 2.34. The lowest BCUT2D eigenvalue weighted by molar-refractivity contribution is -0.124. The molecular weight excluding hydrogens is 428 g/mol. The first-order valence-electron chi connectivity index (χ1n) is 8.33. The van der Waals surface area contributed by atoms with Crippen molar-refractivity contribution in [1.29, 1.82) is 5.26 Å². The average molecular weight is 446 g/mol. The van der Waals surface area contributed by atoms with Gasteiger partial charge in [-0.05, 0) is 26.0 Å². The van der Waals surface area contributed by atoms with Crippen LogP contribution in [0.15, 0.2) is 28.7 Å². The number of rotatable bonds is 7. The molecule has 0 saturated heterocycles. The third-order valence-electron chi connectivity index (χ3n) is 3.77. The predicted octanol–water partition coefficient (Wildman–Crippen LogP) is 3.78. The minimum absolute atomic E-state index is 0.0273. The van der Waals surface area contributed by atoms with Crippen LogP contribution in [0, 0.1) is 17.1 Å². The lowest BCUT2D eigenvalue weighted by atomic mass is 10.1. The van der Waals surface area contributed by atoms with Crippen LogP contribution in [-0.2, 0) is 19.1 Å². The van der Waals surface area contributed by atoms with Crippen LogP contribution in [0.5, 0.6) is 0 Å². The zero-order valence-electron chi connectivity index (χ0n) is 16.5. The van der Waals surface area contributed by atoms with Crippen LogP contribution in [0.2, 0.25) is 0 Å². The molecule has 6 nitrogen and oxygen atoms in total. The highest BCUT2D eigenvalue weighted by atomic mass is 32.2. The zero-order chi connectivity index (χ0) is 23.2. The number of ether oxygens (including phenoxy) is 1. The maximum Gasteiger partial charge on any atom is 0.412 e. The molecule has 1 aromatic rings. The maximum absolute atomic E-state index is 14.6. The SMILES string of the molecule is COCC(Sc1cc(N(C(C)=O)C(=O)/C=C(\C)C(F)(F)F)c(F)cc1C#N)C(C)=O. The van der Waals surface area contributed by atoms with E-state index in [1.807, 2.05) is 0 Å². The van der Waals surface area contributed by atoms with Crippen molar-refractivity contribution in [2.24, 2.45) is 0 Å². The summed E-state index contributed by atoms with van der Waals surface area (Å²) >= 11 is 0.846. The standard InChI is InChI=1S/C19H18F4N2O4S/c1-10(19(21,22)23)5-18(28)25(12(3)27)15-7-16(13(8-24)6-14(15)20)30-17(9-29-4)11(2)26/h5-7,17H,9H2,1-4H3/b10-5+. The summed E-state index contributed by atoms with van der Waals surface area (Å²) in [6, 6.07) is 3.45. The number of hydrogen-bond acceptors (Lipinski definition) is 6. The summed E-state index contributed by atoms with van der Waals surface area (Å²) in [6.07, 6.45) is -4.63. The molecule has 11 heteroatoms. The predicted molar refractivity (Wildman–Crippen MR) is 101 cm³/mol. The van der Waals surface area contributed by atoms with Crippen LogP contribution >= 0.6 is 11.8 Å². The second-order valence-corrected chi connectivity index (χ2v) is 7.35. The molecular formula is C19H18F4N2O4S. The molecule has 0 N–H and O–H groups in total. The Kier molecular flexibility index (Phi) is 8.74. The molecule has 0 aliphatic carbocycles. The van der Waals surface area contributed by atoms with Gasteiger partial charge in [0.1, 0.15) is 17.7 Å². The van der Waals surface area contributed by atoms with Gasteiger partial charge < -0.3 is 4.74 Å². The number of Topliss-reactive ketones (excluding diaryl/α,β-unsaturated/α-hetero) is 1. The molecule has 0 aromatic heterocycles. The average Bonchev–Trinajstić information content (AvgIpc) is 2.62. The van der Waals surface area contributed by atoms with Gasteiger partial charge in [-0.3, -0.25) is 14.4 Å². The van der Waals surface area contributed by atoms with E-state index < -0.39 is 40.3 Å². The van der Waals surface area contributed by atoms with Crippen LogP contribution in [0.25, 0.3) is 0 Å². The summed E-state index contributed by atoms with van der Waals surface area (Å²) in [5.74, 6) is -3.91. The Hall–Kier alpha value is -2.71. The molecule has 162 valence electrons. The molecule has 0 radical (unpaired) electrons. The lowest BCUT2D eigenvalue weighted by Gasteiger charge is -2.21. The van der Waals surface area contributed by atoms with Crippen molar-refractivity contribution in [2.45, 2.75) is 37.1 Å². The van der Waals surface area contributed by atoms with Gasteiger partial charge >= 0.3 is 6.18 Å². The molecule has 0 spiro atoms. The van der Waals surface area contributed by atoms with Gasteiger partial charge in [-0.25, -0.2) is 9.29 Å². The molecule has 0 bridgehead atoms. The number of imide groups is 1. The molecule has 1 atom stereocenters. The van der Waals surface area contributed by atoms with Crippen LogP contribution in [0.1, 0.15) is 26.3 Å². The number of amides is 2. The number of thioether (sulfide) groups is 1. The molecule has 2 amide bonds. The highest BCUT2D eigenvalue weighted by molar-refractivity contribution is 8.00. The monoisotopic (exact) mass is 446 g/mol. The van der Waals surface area contributed by atoms with Gasteiger partial charge in [0.25, 0.3) is 5.91 Å². The fourth-order valence-corrected chi connectivity index (χ4v) is 3.30. The van der Waals surface area contributed by atoms with Crippen molar-refractivity contribution >= 4 is 35.0 Å². The van der Waals surface area contributed by atoms with E-state index in [1.165, 1.54) is 14.0 Å². The van der Waals surface area contributed by atoms with Gasteiger partial charge in [0.05, 0.1) is 23.1 Å². The van der Waals surface area contributed by atoms with Gasteiger partial charge in [0.15, 0.2) is 0 Å². The van der Waals surface area contributed by atoms with Crippen LogP contribution in [0.3, 0.4) is 0 Å². The molecule has 1 rings (SSSR count). The smallest absolute Gasteiger partial charge is 0.383 e. The number of halogens is 4. The summed E-state index contributed by atoms with van der Waals surface area (Å²) in [5.41, 5.74) is -2.10. The number of alkyl halides is 3. The molecule has 0 fully saturated rings. The lowest BCUT2D eigenvalue weighted by Crippen LogP contribution is -2.35. The summed E-state index contributed by atoms with van der Waals surface area (Å²) < 4.78 is 57.7. The first kappa shape index (κ1) is 25.3. The topological polar surface area (TPSA) is 87.5 Å². The summed E-state index contributed by atoms with van der Waals surface area (Å²) in [5, 5.41) is 8.48. The third-order valence-corrected chi connectivity index (χ3v) is 5.12. The Bertz CT molecular complexity index is 922. The van der Waals surface area contributed by atoms with Crippen molar-refractivity contribution < 1.29 is 36.7 Å². The number of nitrogens with zero attached hydrogens (tertiary/aromatic N) is 2. The second-order valence-electron chi connectivity index (χ2n) is 6.10. The molecule has 30 heavy (non-hydrogen) atoms. The first-order valence-corrected chi connectivity index (χ1v) is 9.21. The molecule has 1 unspecified atom stereocenters. The number of anilines is 1. The largest absolute Gasteiger partial charge is 0.412 e. The minimum atomic E-state index is -4.81. The number of methoxy groups -OCH3 is 1. The number of allylic oxidation sites excluding steroid dienone is 1. The summed E-state index contributed by atoms with van der Waals surface area (Å²) in [7, 11) is 1.35. The Morgan fingerprint density at radius 2 is 1.87 bits per heavy atom. The van der Waals surface area contributed by atoms with Crippen molar-refractivity contribution in [3.63, 3.8) is 0 Å². The van der Waals surface area contributed by atoms with Crippen molar-refractivity contribution in [3.05, 3.63) is 35.2 Å². The van der Waals surface area contributed by atoms with Gasteiger partial charge in [-0.2, -0.15) is 18.4 Å². The van der Waals surface area contributed by atoms with Gasteiger partial charge in [-0.15, -0.1) is 11.8 Å². The molecule has 0 saturated carbocycles. The fourth-order valence-electron chi connectivity index (χ4n) is 2.21. The number of carbonyl (C=O) groups is 3. The molecule has 0 heterocycles. The fraction of sp³-hybridized carbons (Fsp3) is 0.368. The van der Waals surface area contributed by atoms with Crippen molar-refractivity contribution in [2.75, 3.05) is 18.6 Å². The Morgan fingerprint density at radius 3 is 2.30 bits per heavy atom. The second kappa shape index (κ2) is 10.4. The van der Waals surface area contributed by atoms with E-state index in [4.69, 9.17) is 4.74 Å². The van der Waals surface area contributed by atoms with Crippen molar-refractivity contribution in [3.8, 4) is 6.07 Å². The van der Waals surface area contributed by atoms with E-state index in [1.54, 1.807) is 6.07 Å². The van der Waals surface area contributed by atoms with Crippen LogP contribution < -0.4 is 4.90 Å². The number of ketones is 1. The Balaban J connectivity index is 3.53. The normalized spacial score (nSPS) is 12.8. The Labute approximate surface area is 174 Å². The maximum atomic E-state index is 14.6. The summed E-state index contributed by atoms with van der Waals surface area (Å²) in [4.78, 5) is 36.3. The Morgan fingerprint density at radius 1 is 1.27 bits per heavy atom. The molecule has 0 aliphatic rings. The number of carbonyl (C=O) groups excluding carboxylic acids is 3. The zero-order valence-corrected chi connectivity index (χ0v) is 17.3. The molecule has 0 aliphatic heterocycles. The third kappa shape index (κ3) is 6.40. The van der Waals surface area contributed by atoms with E-state index >= 15 is 0 Å². The van der Waals surface area contributed by atoms with Gasteiger partial charge in [-0.1, -0.05) is 0 Å². The highest BCUT2D eigenvalue weighted by Gasteiger charge is 2.32. The number of hydrogen-bond donors (Lipinski definition) is 0. The van der Waals surface area contributed by atoms with E-state index in [2.05, 4.69) is 0 Å². The van der Waals surface area contributed by atoms with Crippen LogP contribution in [-0.4, -0.2) is 42.7 Å². The van der Waals surface area contributed by atoms with Crippen LogP contribution in [0.4, 0.5) is 23.2 Å². The van der Waals surface area contributed by atoms with E-state index in [0.29, 0.717) is 6.92 Å². The quantitative estimate of drug-likeness (QED) is 0.360. The molecule has 1 aromatic carbocycles. The van der Waals surface area contributed by atoms with E-state index in [-0.39, 0.29) is 33.8 Å². The van der Waals surface area contributed by atoms with Gasteiger partial charge in [0, 0.05) is 30.6 Å². The van der Waals surface area contributed by atoms with E-state index in [9.17, 15) is 37.2 Å².